The number of aromatic nitrogens is 3. The van der Waals surface area contributed by atoms with Crippen molar-refractivity contribution < 1.29 is 8.96 Å². The van der Waals surface area contributed by atoms with E-state index in [4.69, 9.17) is 0 Å². The summed E-state index contributed by atoms with van der Waals surface area (Å²) in [6.45, 7) is 5.61. The van der Waals surface area contributed by atoms with Gasteiger partial charge in [0, 0.05) is 24.8 Å². The number of hydrogen-bond donors (Lipinski definition) is 0. The molecule has 4 heteroatoms. The molecule has 82 valence electrons. The summed E-state index contributed by atoms with van der Waals surface area (Å²) in [5.41, 5.74) is 2.22. The monoisotopic (exact) mass is 218 g/mol. The van der Waals surface area contributed by atoms with Crippen LogP contribution < -0.4 is 4.57 Å². The summed E-state index contributed by atoms with van der Waals surface area (Å²) >= 11 is 0. The van der Waals surface area contributed by atoms with E-state index in [2.05, 4.69) is 9.97 Å². The molecule has 0 aromatic carbocycles. The van der Waals surface area contributed by atoms with E-state index in [9.17, 15) is 4.39 Å². The standard InChI is InChI=1S/C12H13FN3/c1-8-6-12(11(13)7-15-8)16-9(2)4-5-14-10(16)3/h4-7H,1-3H3/q+1. The number of halogens is 1. The maximum absolute atomic E-state index is 13.7. The van der Waals surface area contributed by atoms with E-state index in [1.165, 1.54) is 6.20 Å². The number of aryl methyl sites for hydroxylation is 3. The van der Waals surface area contributed by atoms with Crippen LogP contribution in [-0.4, -0.2) is 9.97 Å². The molecule has 0 atom stereocenters. The Labute approximate surface area is 93.6 Å². The molecule has 0 spiro atoms. The van der Waals surface area contributed by atoms with Gasteiger partial charge in [-0.2, -0.15) is 4.57 Å². The first-order valence-corrected chi connectivity index (χ1v) is 5.06. The molecule has 2 heterocycles. The quantitative estimate of drug-likeness (QED) is 0.683. The number of pyridine rings is 1. The largest absolute Gasteiger partial charge is 0.300 e. The normalized spacial score (nSPS) is 10.5. The zero-order valence-electron chi connectivity index (χ0n) is 9.53. The highest BCUT2D eigenvalue weighted by Crippen LogP contribution is 2.08. The Hall–Kier alpha value is -1.84. The van der Waals surface area contributed by atoms with Gasteiger partial charge in [-0.15, -0.1) is 0 Å². The van der Waals surface area contributed by atoms with Crippen LogP contribution in [0.1, 0.15) is 17.2 Å². The van der Waals surface area contributed by atoms with Crippen LogP contribution in [0.25, 0.3) is 5.69 Å². The summed E-state index contributed by atoms with van der Waals surface area (Å²) in [7, 11) is 0. The first-order chi connectivity index (χ1) is 7.59. The molecule has 0 saturated carbocycles. The van der Waals surface area contributed by atoms with Gasteiger partial charge in [0.25, 0.3) is 0 Å². The summed E-state index contributed by atoms with van der Waals surface area (Å²) in [6.07, 6.45) is 2.96. The van der Waals surface area contributed by atoms with Gasteiger partial charge in [0.05, 0.1) is 6.20 Å². The van der Waals surface area contributed by atoms with Crippen molar-refractivity contribution in [1.82, 2.24) is 9.97 Å². The Morgan fingerprint density at radius 3 is 2.62 bits per heavy atom. The SMILES string of the molecule is Cc1cc(-[n+]2c(C)ccnc2C)c(F)cn1. The lowest BCUT2D eigenvalue weighted by molar-refractivity contribution is -0.615. The maximum Gasteiger partial charge on any atom is 0.300 e. The van der Waals surface area contributed by atoms with Crippen molar-refractivity contribution in [2.45, 2.75) is 20.8 Å². The Morgan fingerprint density at radius 2 is 1.94 bits per heavy atom. The number of nitrogens with zero attached hydrogens (tertiary/aromatic N) is 3. The highest BCUT2D eigenvalue weighted by atomic mass is 19.1. The van der Waals surface area contributed by atoms with Gasteiger partial charge >= 0.3 is 5.82 Å². The van der Waals surface area contributed by atoms with Crippen LogP contribution in [0, 0.1) is 26.6 Å². The predicted octanol–water partition coefficient (Wildman–Crippen LogP) is 1.82. The van der Waals surface area contributed by atoms with E-state index < -0.39 is 0 Å². The van der Waals surface area contributed by atoms with E-state index in [1.54, 1.807) is 16.8 Å². The van der Waals surface area contributed by atoms with Crippen LogP contribution >= 0.6 is 0 Å². The lowest BCUT2D eigenvalue weighted by Crippen LogP contribution is -2.39. The van der Waals surface area contributed by atoms with Gasteiger partial charge in [-0.25, -0.2) is 4.39 Å². The molecule has 0 aliphatic carbocycles. The first-order valence-electron chi connectivity index (χ1n) is 5.06. The Morgan fingerprint density at radius 1 is 1.19 bits per heavy atom. The lowest BCUT2D eigenvalue weighted by Gasteiger charge is -2.06. The molecule has 0 fully saturated rings. The average molecular weight is 218 g/mol. The smallest absolute Gasteiger partial charge is 0.258 e. The van der Waals surface area contributed by atoms with Crippen molar-refractivity contribution in [3.05, 3.63) is 47.6 Å². The van der Waals surface area contributed by atoms with E-state index in [0.717, 1.165) is 17.2 Å². The fourth-order valence-electron chi connectivity index (χ4n) is 1.70. The molecule has 0 aliphatic heterocycles. The van der Waals surface area contributed by atoms with Gasteiger partial charge in [0.15, 0.2) is 11.5 Å². The van der Waals surface area contributed by atoms with Crippen LogP contribution in [0.15, 0.2) is 24.5 Å². The van der Waals surface area contributed by atoms with Crippen molar-refractivity contribution in [2.75, 3.05) is 0 Å². The second-order valence-electron chi connectivity index (χ2n) is 3.75. The highest BCUT2D eigenvalue weighted by Gasteiger charge is 2.16. The van der Waals surface area contributed by atoms with Crippen molar-refractivity contribution in [3.63, 3.8) is 0 Å². The van der Waals surface area contributed by atoms with Gasteiger partial charge in [0.1, 0.15) is 11.9 Å². The number of hydrogen-bond acceptors (Lipinski definition) is 2. The molecular formula is C12H13FN3+. The third-order valence-electron chi connectivity index (χ3n) is 2.47. The fraction of sp³-hybridized carbons (Fsp3) is 0.250. The van der Waals surface area contributed by atoms with Crippen molar-refractivity contribution in [2.24, 2.45) is 0 Å². The Bertz CT molecular complexity index is 518. The Kier molecular flexibility index (Phi) is 2.64. The minimum Gasteiger partial charge on any atom is -0.258 e. The molecule has 3 nitrogen and oxygen atoms in total. The molecule has 0 amide bonds. The lowest BCUT2D eigenvalue weighted by atomic mass is 10.3. The van der Waals surface area contributed by atoms with E-state index in [1.807, 2.05) is 26.8 Å². The number of rotatable bonds is 1. The third kappa shape index (κ3) is 1.78. The van der Waals surface area contributed by atoms with Crippen LogP contribution in [-0.2, 0) is 0 Å². The van der Waals surface area contributed by atoms with Gasteiger partial charge in [0.2, 0.25) is 0 Å². The molecule has 0 unspecified atom stereocenters. The zero-order chi connectivity index (χ0) is 11.7. The highest BCUT2D eigenvalue weighted by molar-refractivity contribution is 5.25. The molecular weight excluding hydrogens is 205 g/mol. The zero-order valence-corrected chi connectivity index (χ0v) is 9.53. The van der Waals surface area contributed by atoms with Crippen LogP contribution in [0.4, 0.5) is 4.39 Å². The maximum atomic E-state index is 13.7. The minimum absolute atomic E-state index is 0.338. The molecule has 0 saturated heterocycles. The van der Waals surface area contributed by atoms with E-state index in [-0.39, 0.29) is 5.82 Å². The molecule has 0 radical (unpaired) electrons. The van der Waals surface area contributed by atoms with Gasteiger partial charge in [-0.1, -0.05) is 4.98 Å². The minimum atomic E-state index is -0.338. The second kappa shape index (κ2) is 3.96. The molecule has 2 rings (SSSR count). The van der Waals surface area contributed by atoms with E-state index in [0.29, 0.717) is 5.69 Å². The van der Waals surface area contributed by atoms with Crippen molar-refractivity contribution in [1.29, 1.82) is 0 Å². The van der Waals surface area contributed by atoms with Gasteiger partial charge in [-0.3, -0.25) is 4.98 Å². The summed E-state index contributed by atoms with van der Waals surface area (Å²) in [6, 6.07) is 3.57. The summed E-state index contributed by atoms with van der Waals surface area (Å²) < 4.78 is 15.5. The van der Waals surface area contributed by atoms with Crippen LogP contribution in [0.3, 0.4) is 0 Å². The molecule has 0 N–H and O–H groups in total. The molecule has 16 heavy (non-hydrogen) atoms. The molecule has 0 aliphatic rings. The Balaban J connectivity index is 2.72. The molecule has 0 bridgehead atoms. The second-order valence-corrected chi connectivity index (χ2v) is 3.75. The molecule has 2 aromatic rings. The average Bonchev–Trinajstić information content (AvgIpc) is 2.23. The predicted molar refractivity (Wildman–Crippen MR) is 57.7 cm³/mol. The topological polar surface area (TPSA) is 29.7 Å². The third-order valence-corrected chi connectivity index (χ3v) is 2.47. The molecule has 2 aromatic heterocycles. The first kappa shape index (κ1) is 10.7. The van der Waals surface area contributed by atoms with Crippen molar-refractivity contribution in [3.8, 4) is 5.69 Å². The van der Waals surface area contributed by atoms with Gasteiger partial charge in [-0.05, 0) is 13.8 Å². The summed E-state index contributed by atoms with van der Waals surface area (Å²) in [5, 5.41) is 0. The van der Waals surface area contributed by atoms with Crippen LogP contribution in [0.5, 0.6) is 0 Å². The summed E-state index contributed by atoms with van der Waals surface area (Å²) in [5.74, 6) is 0.416. The van der Waals surface area contributed by atoms with Gasteiger partial charge < -0.3 is 0 Å². The van der Waals surface area contributed by atoms with Crippen LogP contribution in [0.2, 0.25) is 0 Å². The summed E-state index contributed by atoms with van der Waals surface area (Å²) in [4.78, 5) is 8.08. The van der Waals surface area contributed by atoms with E-state index >= 15 is 0 Å². The van der Waals surface area contributed by atoms with Crippen molar-refractivity contribution >= 4 is 0 Å². The fourth-order valence-corrected chi connectivity index (χ4v) is 1.70.